The van der Waals surface area contributed by atoms with Crippen molar-refractivity contribution in [2.45, 2.75) is 31.9 Å². The molecule has 0 aliphatic carbocycles. The van der Waals surface area contributed by atoms with Gasteiger partial charge < -0.3 is 10.2 Å². The number of rotatable bonds is 4. The fraction of sp³-hybridized carbons (Fsp3) is 0.625. The van der Waals surface area contributed by atoms with Crippen molar-refractivity contribution < 1.29 is 13.2 Å². The van der Waals surface area contributed by atoms with Gasteiger partial charge in [-0.1, -0.05) is 12.1 Å². The quantitative estimate of drug-likeness (QED) is 0.900. The zero-order valence-electron chi connectivity index (χ0n) is 12.6. The van der Waals surface area contributed by atoms with Crippen molar-refractivity contribution in [2.75, 3.05) is 32.0 Å². The highest BCUT2D eigenvalue weighted by Gasteiger charge is 2.36. The number of anilines is 1. The summed E-state index contributed by atoms with van der Waals surface area (Å²) in [5.41, 5.74) is 1.21. The molecule has 1 atom stereocenters. The lowest BCUT2D eigenvalue weighted by molar-refractivity contribution is -0.146. The van der Waals surface area contributed by atoms with Crippen molar-refractivity contribution in [3.05, 3.63) is 29.8 Å². The third kappa shape index (κ3) is 4.63. The number of hydrogen-bond acceptors (Lipinski definition) is 2. The van der Waals surface area contributed by atoms with Crippen LogP contribution >= 0.6 is 0 Å². The normalized spacial score (nSPS) is 19.5. The molecule has 0 saturated carbocycles. The number of alkyl halides is 3. The summed E-state index contributed by atoms with van der Waals surface area (Å²) in [6, 6.07) is 6.61. The highest BCUT2D eigenvalue weighted by atomic mass is 19.4. The van der Waals surface area contributed by atoms with E-state index in [1.165, 1.54) is 19.8 Å². The Hall–Kier alpha value is -1.23. The van der Waals surface area contributed by atoms with Crippen LogP contribution in [0.4, 0.5) is 18.9 Å². The second-order valence-electron chi connectivity index (χ2n) is 6.01. The number of hydrogen-bond donors (Lipinski definition) is 1. The first-order chi connectivity index (χ1) is 9.86. The molecule has 118 valence electrons. The summed E-state index contributed by atoms with van der Waals surface area (Å²) >= 11 is 0. The van der Waals surface area contributed by atoms with Gasteiger partial charge in [-0.05, 0) is 63.5 Å². The zero-order chi connectivity index (χ0) is 15.5. The minimum Gasteiger partial charge on any atom is -0.385 e. The summed E-state index contributed by atoms with van der Waals surface area (Å²) in [5.74, 6) is -0.768. The van der Waals surface area contributed by atoms with Crippen molar-refractivity contribution >= 4 is 5.69 Å². The molecule has 5 heteroatoms. The summed E-state index contributed by atoms with van der Waals surface area (Å²) in [5, 5.41) is 3.33. The molecule has 2 nitrogen and oxygen atoms in total. The summed E-state index contributed by atoms with van der Waals surface area (Å²) in [6.07, 6.45) is -1.83. The van der Waals surface area contributed by atoms with Crippen LogP contribution < -0.4 is 5.32 Å². The van der Waals surface area contributed by atoms with Crippen molar-refractivity contribution in [3.63, 3.8) is 0 Å². The average Bonchev–Trinajstić information content (AvgIpc) is 2.45. The Balaban J connectivity index is 1.85. The van der Waals surface area contributed by atoms with E-state index in [4.69, 9.17) is 0 Å². The zero-order valence-corrected chi connectivity index (χ0v) is 12.6. The van der Waals surface area contributed by atoms with E-state index >= 15 is 0 Å². The largest absolute Gasteiger partial charge is 0.395 e. The second-order valence-corrected chi connectivity index (χ2v) is 6.01. The number of likely N-dealkylation sites (tertiary alicyclic amines) is 1. The van der Waals surface area contributed by atoms with Crippen LogP contribution in [0.1, 0.15) is 31.2 Å². The molecule has 0 aromatic heterocycles. The maximum Gasteiger partial charge on any atom is 0.395 e. The van der Waals surface area contributed by atoms with Crippen molar-refractivity contribution in [2.24, 2.45) is 5.92 Å². The molecule has 1 unspecified atom stereocenters. The lowest BCUT2D eigenvalue weighted by atomic mass is 9.97. The standard InChI is InChI=1S/C16H23F3N2/c1-12(16(17,18)19)14-3-5-15(6-4-14)20-11-13-7-9-21(2)10-8-13/h3-6,12-13,20H,7-11H2,1-2H3. The Morgan fingerprint density at radius 3 is 2.29 bits per heavy atom. The van der Waals surface area contributed by atoms with Gasteiger partial charge in [-0.2, -0.15) is 13.2 Å². The van der Waals surface area contributed by atoms with E-state index in [2.05, 4.69) is 17.3 Å². The maximum atomic E-state index is 12.6. The summed E-state index contributed by atoms with van der Waals surface area (Å²) < 4.78 is 37.9. The van der Waals surface area contributed by atoms with E-state index < -0.39 is 12.1 Å². The van der Waals surface area contributed by atoms with Crippen LogP contribution in [0, 0.1) is 5.92 Å². The van der Waals surface area contributed by atoms with Crippen LogP contribution in [0.3, 0.4) is 0 Å². The first-order valence-electron chi connectivity index (χ1n) is 7.45. The Kier molecular flexibility index (Phi) is 5.14. The van der Waals surface area contributed by atoms with Gasteiger partial charge in [-0.3, -0.25) is 0 Å². The highest BCUT2D eigenvalue weighted by molar-refractivity contribution is 5.45. The van der Waals surface area contributed by atoms with Crippen LogP contribution in [0.25, 0.3) is 0 Å². The van der Waals surface area contributed by atoms with Crippen LogP contribution in [0.15, 0.2) is 24.3 Å². The third-order valence-corrected chi connectivity index (χ3v) is 4.33. The molecule has 1 aromatic carbocycles. The van der Waals surface area contributed by atoms with E-state index in [9.17, 15) is 13.2 Å². The number of nitrogens with one attached hydrogen (secondary N) is 1. The number of halogens is 3. The van der Waals surface area contributed by atoms with E-state index in [-0.39, 0.29) is 0 Å². The van der Waals surface area contributed by atoms with Gasteiger partial charge in [0.25, 0.3) is 0 Å². The van der Waals surface area contributed by atoms with Gasteiger partial charge in [0.15, 0.2) is 0 Å². The van der Waals surface area contributed by atoms with E-state index in [0.29, 0.717) is 11.5 Å². The van der Waals surface area contributed by atoms with Crippen molar-refractivity contribution in [3.8, 4) is 0 Å². The predicted molar refractivity (Wildman–Crippen MR) is 79.6 cm³/mol. The molecular weight excluding hydrogens is 277 g/mol. The molecular formula is C16H23F3N2. The van der Waals surface area contributed by atoms with Gasteiger partial charge in [-0.15, -0.1) is 0 Å². The van der Waals surface area contributed by atoms with Gasteiger partial charge in [0.2, 0.25) is 0 Å². The van der Waals surface area contributed by atoms with E-state index in [1.54, 1.807) is 24.3 Å². The lowest BCUT2D eigenvalue weighted by Crippen LogP contribution is -2.32. The molecule has 0 radical (unpaired) electrons. The van der Waals surface area contributed by atoms with Gasteiger partial charge >= 0.3 is 6.18 Å². The highest BCUT2D eigenvalue weighted by Crippen LogP contribution is 2.34. The number of piperidine rings is 1. The molecule has 1 saturated heterocycles. The summed E-state index contributed by atoms with van der Waals surface area (Å²) in [7, 11) is 2.13. The molecule has 1 aliphatic rings. The van der Waals surface area contributed by atoms with Crippen molar-refractivity contribution in [1.82, 2.24) is 4.90 Å². The van der Waals surface area contributed by atoms with Crippen LogP contribution in [-0.2, 0) is 0 Å². The van der Waals surface area contributed by atoms with Gasteiger partial charge in [0.05, 0.1) is 5.92 Å². The molecule has 21 heavy (non-hydrogen) atoms. The van der Waals surface area contributed by atoms with Crippen LogP contribution in [0.2, 0.25) is 0 Å². The minimum absolute atomic E-state index is 0.312. The fourth-order valence-corrected chi connectivity index (χ4v) is 2.61. The molecule has 0 bridgehead atoms. The van der Waals surface area contributed by atoms with Gasteiger partial charge in [0.1, 0.15) is 0 Å². The molecule has 1 N–H and O–H groups in total. The maximum absolute atomic E-state index is 12.6. The van der Waals surface area contributed by atoms with Gasteiger partial charge in [0, 0.05) is 12.2 Å². The minimum atomic E-state index is -4.18. The SMILES string of the molecule is CC(c1ccc(NCC2CCN(C)CC2)cc1)C(F)(F)F. The molecule has 0 amide bonds. The Morgan fingerprint density at radius 2 is 1.76 bits per heavy atom. The molecule has 1 aliphatic heterocycles. The van der Waals surface area contributed by atoms with Gasteiger partial charge in [-0.25, -0.2) is 0 Å². The average molecular weight is 300 g/mol. The first kappa shape index (κ1) is 16.1. The monoisotopic (exact) mass is 300 g/mol. The summed E-state index contributed by atoms with van der Waals surface area (Å²) in [4.78, 5) is 2.32. The molecule has 1 aromatic rings. The Morgan fingerprint density at radius 1 is 1.19 bits per heavy atom. The smallest absolute Gasteiger partial charge is 0.385 e. The topological polar surface area (TPSA) is 15.3 Å². The second kappa shape index (κ2) is 6.69. The van der Waals surface area contributed by atoms with E-state index in [0.717, 1.165) is 25.3 Å². The van der Waals surface area contributed by atoms with Crippen LogP contribution in [-0.4, -0.2) is 37.8 Å². The summed E-state index contributed by atoms with van der Waals surface area (Å²) in [6.45, 7) is 4.33. The lowest BCUT2D eigenvalue weighted by Gasteiger charge is -2.29. The third-order valence-electron chi connectivity index (χ3n) is 4.33. The predicted octanol–water partition coefficient (Wildman–Crippen LogP) is 4.11. The Labute approximate surface area is 124 Å². The van der Waals surface area contributed by atoms with Crippen molar-refractivity contribution in [1.29, 1.82) is 0 Å². The molecule has 2 rings (SSSR count). The molecule has 0 spiro atoms. The Bertz CT molecular complexity index is 434. The van der Waals surface area contributed by atoms with E-state index in [1.807, 2.05) is 0 Å². The van der Waals surface area contributed by atoms with Crippen LogP contribution in [0.5, 0.6) is 0 Å². The number of nitrogens with zero attached hydrogens (tertiary/aromatic N) is 1. The number of benzene rings is 1. The fourth-order valence-electron chi connectivity index (χ4n) is 2.61. The molecule has 1 heterocycles. The first-order valence-corrected chi connectivity index (χ1v) is 7.45. The molecule has 1 fully saturated rings.